The first kappa shape index (κ1) is 13.3. The summed E-state index contributed by atoms with van der Waals surface area (Å²) < 4.78 is 0. The second-order valence-electron chi connectivity index (χ2n) is 4.79. The van der Waals surface area contributed by atoms with E-state index in [9.17, 15) is 4.79 Å². The Bertz CT molecular complexity index is 371. The Morgan fingerprint density at radius 1 is 1.56 bits per heavy atom. The highest BCUT2D eigenvalue weighted by Crippen LogP contribution is 2.13. The lowest BCUT2D eigenvalue weighted by Crippen LogP contribution is -2.47. The summed E-state index contributed by atoms with van der Waals surface area (Å²) in [6, 6.07) is 0.634. The van der Waals surface area contributed by atoms with E-state index < -0.39 is 0 Å². The number of likely N-dealkylation sites (tertiary alicyclic amines) is 1. The average Bonchev–Trinajstić information content (AvgIpc) is 2.89. The smallest absolute Gasteiger partial charge is 0.319 e. The number of nitrogens with zero attached hydrogens (tertiary/aromatic N) is 3. The van der Waals surface area contributed by atoms with Crippen LogP contribution >= 0.6 is 11.3 Å². The number of thiazole rings is 1. The first-order valence-corrected chi connectivity index (χ1v) is 7.12. The highest BCUT2D eigenvalue weighted by atomic mass is 32.1. The lowest BCUT2D eigenvalue weighted by molar-refractivity contribution is 0.152. The van der Waals surface area contributed by atoms with E-state index in [1.54, 1.807) is 30.3 Å². The minimum Gasteiger partial charge on any atom is -0.331 e. The van der Waals surface area contributed by atoms with Crippen LogP contribution in [0.1, 0.15) is 17.7 Å². The van der Waals surface area contributed by atoms with E-state index in [1.807, 2.05) is 16.6 Å². The molecule has 0 aliphatic carbocycles. The maximum atomic E-state index is 11.8. The average molecular weight is 268 g/mol. The van der Waals surface area contributed by atoms with E-state index in [-0.39, 0.29) is 6.03 Å². The monoisotopic (exact) mass is 268 g/mol. The summed E-state index contributed by atoms with van der Waals surface area (Å²) in [7, 11) is 3.60. The molecule has 6 heteroatoms. The second kappa shape index (κ2) is 6.15. The van der Waals surface area contributed by atoms with Crippen molar-refractivity contribution < 1.29 is 4.79 Å². The van der Waals surface area contributed by atoms with Gasteiger partial charge in [-0.3, -0.25) is 4.98 Å². The van der Waals surface area contributed by atoms with Crippen LogP contribution in [0.25, 0.3) is 0 Å². The van der Waals surface area contributed by atoms with Gasteiger partial charge in [0.25, 0.3) is 0 Å². The van der Waals surface area contributed by atoms with Crippen molar-refractivity contribution in [2.45, 2.75) is 25.4 Å². The Morgan fingerprint density at radius 3 is 2.83 bits per heavy atom. The standard InChI is InChI=1S/C12H20N4OS/c1-15(2)12(17)16-5-3-10(4-6-16)14-8-11-7-13-9-18-11/h7,9-10,14H,3-6,8H2,1-2H3. The van der Waals surface area contributed by atoms with E-state index in [4.69, 9.17) is 0 Å². The van der Waals surface area contributed by atoms with Crippen LogP contribution in [0, 0.1) is 0 Å². The summed E-state index contributed by atoms with van der Waals surface area (Å²) >= 11 is 1.68. The molecule has 5 nitrogen and oxygen atoms in total. The quantitative estimate of drug-likeness (QED) is 0.901. The van der Waals surface area contributed by atoms with Crippen LogP contribution in [0.5, 0.6) is 0 Å². The third-order valence-corrected chi connectivity index (χ3v) is 3.98. The van der Waals surface area contributed by atoms with Crippen molar-refractivity contribution in [1.82, 2.24) is 20.1 Å². The van der Waals surface area contributed by atoms with Gasteiger partial charge in [-0.2, -0.15) is 0 Å². The topological polar surface area (TPSA) is 48.5 Å². The van der Waals surface area contributed by atoms with Gasteiger partial charge in [0.05, 0.1) is 5.51 Å². The van der Waals surface area contributed by atoms with Crippen molar-refractivity contribution >= 4 is 17.4 Å². The van der Waals surface area contributed by atoms with Gasteiger partial charge in [0.2, 0.25) is 0 Å². The van der Waals surface area contributed by atoms with Crippen LogP contribution < -0.4 is 5.32 Å². The van der Waals surface area contributed by atoms with E-state index in [0.717, 1.165) is 32.5 Å². The lowest BCUT2D eigenvalue weighted by Gasteiger charge is -2.34. The zero-order chi connectivity index (χ0) is 13.0. The Morgan fingerprint density at radius 2 is 2.28 bits per heavy atom. The fourth-order valence-corrected chi connectivity index (χ4v) is 2.68. The van der Waals surface area contributed by atoms with Crippen LogP contribution in [0.4, 0.5) is 4.79 Å². The molecule has 0 radical (unpaired) electrons. The summed E-state index contributed by atoms with van der Waals surface area (Å²) in [6.45, 7) is 2.58. The first-order valence-electron chi connectivity index (χ1n) is 6.24. The van der Waals surface area contributed by atoms with Crippen LogP contribution in [-0.2, 0) is 6.54 Å². The molecule has 0 spiro atoms. The van der Waals surface area contributed by atoms with E-state index in [1.165, 1.54) is 4.88 Å². The van der Waals surface area contributed by atoms with Gasteiger partial charge in [-0.15, -0.1) is 11.3 Å². The highest BCUT2D eigenvalue weighted by molar-refractivity contribution is 7.09. The maximum absolute atomic E-state index is 11.8. The lowest BCUT2D eigenvalue weighted by atomic mass is 10.1. The van der Waals surface area contributed by atoms with Crippen LogP contribution in [0.15, 0.2) is 11.7 Å². The summed E-state index contributed by atoms with van der Waals surface area (Å²) in [6.07, 6.45) is 3.96. The SMILES string of the molecule is CN(C)C(=O)N1CCC(NCc2cncs2)CC1. The molecule has 1 saturated heterocycles. The third kappa shape index (κ3) is 3.43. The molecule has 0 bridgehead atoms. The number of hydrogen-bond donors (Lipinski definition) is 1. The summed E-state index contributed by atoms with van der Waals surface area (Å²) in [5, 5.41) is 3.53. The molecule has 18 heavy (non-hydrogen) atoms. The van der Waals surface area contributed by atoms with Gasteiger partial charge in [0.1, 0.15) is 0 Å². The molecule has 2 amide bonds. The van der Waals surface area contributed by atoms with E-state index in [0.29, 0.717) is 6.04 Å². The minimum absolute atomic E-state index is 0.121. The summed E-state index contributed by atoms with van der Waals surface area (Å²) in [4.78, 5) is 20.7. The maximum Gasteiger partial charge on any atom is 0.319 e. The molecule has 1 fully saturated rings. The number of hydrogen-bond acceptors (Lipinski definition) is 4. The molecule has 1 aromatic heterocycles. The Kier molecular flexibility index (Phi) is 4.54. The summed E-state index contributed by atoms with van der Waals surface area (Å²) in [5.41, 5.74) is 1.86. The number of rotatable bonds is 3. The van der Waals surface area contributed by atoms with E-state index >= 15 is 0 Å². The molecule has 100 valence electrons. The van der Waals surface area contributed by atoms with E-state index in [2.05, 4.69) is 10.3 Å². The van der Waals surface area contributed by atoms with Gasteiger partial charge in [-0.05, 0) is 12.8 Å². The molecule has 0 atom stereocenters. The van der Waals surface area contributed by atoms with Crippen molar-refractivity contribution in [2.75, 3.05) is 27.2 Å². The predicted molar refractivity (Wildman–Crippen MR) is 72.6 cm³/mol. The van der Waals surface area contributed by atoms with Gasteiger partial charge in [0.15, 0.2) is 0 Å². The molecule has 1 aliphatic rings. The van der Waals surface area contributed by atoms with Gasteiger partial charge < -0.3 is 15.1 Å². The fourth-order valence-electron chi connectivity index (χ4n) is 2.13. The van der Waals surface area contributed by atoms with Crippen LogP contribution in [-0.4, -0.2) is 54.0 Å². The van der Waals surface area contributed by atoms with Gasteiger partial charge >= 0.3 is 6.03 Å². The van der Waals surface area contributed by atoms with Crippen molar-refractivity contribution in [3.8, 4) is 0 Å². The zero-order valence-corrected chi connectivity index (χ0v) is 11.7. The molecular formula is C12H20N4OS. The predicted octanol–water partition coefficient (Wildman–Crippen LogP) is 1.38. The molecule has 1 aromatic rings. The molecular weight excluding hydrogens is 248 g/mol. The fraction of sp³-hybridized carbons (Fsp3) is 0.667. The van der Waals surface area contributed by atoms with Gasteiger partial charge in [-0.25, -0.2) is 4.79 Å². The number of aromatic nitrogens is 1. The minimum atomic E-state index is 0.121. The largest absolute Gasteiger partial charge is 0.331 e. The Balaban J connectivity index is 1.72. The molecule has 2 heterocycles. The summed E-state index contributed by atoms with van der Waals surface area (Å²) in [5.74, 6) is 0. The van der Waals surface area contributed by atoms with Crippen molar-refractivity contribution in [2.24, 2.45) is 0 Å². The number of amides is 2. The number of nitrogens with one attached hydrogen (secondary N) is 1. The third-order valence-electron chi connectivity index (χ3n) is 3.20. The van der Waals surface area contributed by atoms with Crippen molar-refractivity contribution in [1.29, 1.82) is 0 Å². The second-order valence-corrected chi connectivity index (χ2v) is 5.76. The molecule has 1 N–H and O–H groups in total. The molecule has 0 saturated carbocycles. The number of carbonyl (C=O) groups excluding carboxylic acids is 1. The van der Waals surface area contributed by atoms with Gasteiger partial charge in [0, 0.05) is 50.8 Å². The molecule has 0 unspecified atom stereocenters. The molecule has 0 aromatic carbocycles. The number of carbonyl (C=O) groups is 1. The van der Waals surface area contributed by atoms with Crippen LogP contribution in [0.2, 0.25) is 0 Å². The number of urea groups is 1. The molecule has 1 aliphatic heterocycles. The first-order chi connectivity index (χ1) is 8.66. The Hall–Kier alpha value is -1.14. The van der Waals surface area contributed by atoms with Crippen molar-refractivity contribution in [3.63, 3.8) is 0 Å². The van der Waals surface area contributed by atoms with Crippen molar-refractivity contribution in [3.05, 3.63) is 16.6 Å². The zero-order valence-electron chi connectivity index (χ0n) is 10.9. The normalized spacial score (nSPS) is 16.9. The molecule has 2 rings (SSSR count). The highest BCUT2D eigenvalue weighted by Gasteiger charge is 2.23. The van der Waals surface area contributed by atoms with Gasteiger partial charge in [-0.1, -0.05) is 0 Å². The number of piperidine rings is 1. The van der Waals surface area contributed by atoms with Crippen LogP contribution in [0.3, 0.4) is 0 Å². The Labute approximate surface area is 112 Å².